The number of carbonyl (C=O) groups is 3. The van der Waals surface area contributed by atoms with E-state index < -0.39 is 40.9 Å². The van der Waals surface area contributed by atoms with E-state index in [0.717, 1.165) is 0 Å². The summed E-state index contributed by atoms with van der Waals surface area (Å²) in [5, 5.41) is 12.1. The Morgan fingerprint density at radius 1 is 1.09 bits per heavy atom. The van der Waals surface area contributed by atoms with Crippen molar-refractivity contribution in [2.75, 3.05) is 26.3 Å². The Morgan fingerprint density at radius 2 is 1.65 bits per heavy atom. The van der Waals surface area contributed by atoms with Gasteiger partial charge in [-0.25, -0.2) is 4.79 Å². The van der Waals surface area contributed by atoms with Crippen molar-refractivity contribution in [2.45, 2.75) is 38.9 Å². The predicted octanol–water partition coefficient (Wildman–Crippen LogP) is 0.213. The van der Waals surface area contributed by atoms with Gasteiger partial charge in [-0.3, -0.25) is 14.9 Å². The largest absolute Gasteiger partial charge is 0.481 e. The highest BCUT2D eigenvalue weighted by Crippen LogP contribution is 2.59. The Labute approximate surface area is 134 Å². The van der Waals surface area contributed by atoms with Crippen molar-refractivity contribution < 1.29 is 29.0 Å². The maximum Gasteiger partial charge on any atom is 0.324 e. The molecule has 0 aliphatic carbocycles. The van der Waals surface area contributed by atoms with Crippen LogP contribution in [-0.2, 0) is 19.1 Å². The lowest BCUT2D eigenvalue weighted by Gasteiger charge is -2.42. The first-order valence-electron chi connectivity index (χ1n) is 7.88. The van der Waals surface area contributed by atoms with Crippen molar-refractivity contribution in [1.29, 1.82) is 0 Å². The fourth-order valence-electron chi connectivity index (χ4n) is 3.97. The van der Waals surface area contributed by atoms with Crippen LogP contribution in [0.4, 0.5) is 4.79 Å². The molecule has 2 N–H and O–H groups in total. The Bertz CT molecular complexity index is 546. The summed E-state index contributed by atoms with van der Waals surface area (Å²) in [6.45, 7) is 4.81. The van der Waals surface area contributed by atoms with E-state index in [-0.39, 0.29) is 0 Å². The zero-order valence-electron chi connectivity index (χ0n) is 13.3. The van der Waals surface area contributed by atoms with Crippen molar-refractivity contribution in [3.05, 3.63) is 0 Å². The second-order valence-corrected chi connectivity index (χ2v) is 6.76. The van der Waals surface area contributed by atoms with Gasteiger partial charge in [-0.1, -0.05) is 0 Å². The number of fused-ring (bicyclic) bond motifs is 2. The van der Waals surface area contributed by atoms with Gasteiger partial charge in [0, 0.05) is 13.1 Å². The fourth-order valence-corrected chi connectivity index (χ4v) is 3.97. The van der Waals surface area contributed by atoms with Crippen LogP contribution in [0.3, 0.4) is 0 Å². The third-order valence-corrected chi connectivity index (χ3v) is 5.82. The minimum absolute atomic E-state index is 0.411. The van der Waals surface area contributed by atoms with Gasteiger partial charge >= 0.3 is 12.0 Å². The number of nitrogens with zero attached hydrogens (tertiary/aromatic N) is 1. The van der Waals surface area contributed by atoms with Crippen LogP contribution in [-0.4, -0.2) is 66.4 Å². The summed E-state index contributed by atoms with van der Waals surface area (Å²) in [6, 6.07) is -0.505. The zero-order chi connectivity index (χ0) is 16.8. The lowest BCUT2D eigenvalue weighted by Crippen LogP contribution is -2.61. The maximum atomic E-state index is 12.8. The number of nitrogens with one attached hydrogen (secondary N) is 1. The van der Waals surface area contributed by atoms with Gasteiger partial charge in [0.05, 0.1) is 30.8 Å². The Balaban J connectivity index is 1.79. The molecule has 3 aliphatic rings. The van der Waals surface area contributed by atoms with Crippen molar-refractivity contribution >= 4 is 17.9 Å². The lowest BCUT2D eigenvalue weighted by atomic mass is 9.57. The van der Waals surface area contributed by atoms with Crippen LogP contribution < -0.4 is 5.32 Å². The van der Waals surface area contributed by atoms with E-state index in [1.54, 1.807) is 6.92 Å². The molecule has 0 aromatic rings. The van der Waals surface area contributed by atoms with E-state index in [4.69, 9.17) is 9.47 Å². The summed E-state index contributed by atoms with van der Waals surface area (Å²) >= 11 is 0. The molecule has 3 fully saturated rings. The highest BCUT2D eigenvalue weighted by molar-refractivity contribution is 6.01. The number of aliphatic carboxylic acids is 1. The van der Waals surface area contributed by atoms with Gasteiger partial charge in [-0.2, -0.15) is 0 Å². The molecule has 23 heavy (non-hydrogen) atoms. The molecule has 0 saturated carbocycles. The average Bonchev–Trinajstić information content (AvgIpc) is 3.10. The normalized spacial score (nSPS) is 39.3. The molecule has 0 spiro atoms. The van der Waals surface area contributed by atoms with Crippen molar-refractivity contribution in [3.63, 3.8) is 0 Å². The van der Waals surface area contributed by atoms with Crippen LogP contribution in [0.5, 0.6) is 0 Å². The van der Waals surface area contributed by atoms with E-state index in [0.29, 0.717) is 39.1 Å². The summed E-state index contributed by atoms with van der Waals surface area (Å²) < 4.78 is 10.9. The molecule has 2 bridgehead atoms. The summed E-state index contributed by atoms with van der Waals surface area (Å²) in [4.78, 5) is 38.4. The first kappa shape index (κ1) is 16.2. The quantitative estimate of drug-likeness (QED) is 0.752. The zero-order valence-corrected chi connectivity index (χ0v) is 13.3. The number of imide groups is 1. The smallest absolute Gasteiger partial charge is 0.324 e. The second-order valence-electron chi connectivity index (χ2n) is 6.76. The molecule has 0 unspecified atom stereocenters. The fraction of sp³-hybridized carbons (Fsp3) is 0.800. The minimum Gasteiger partial charge on any atom is -0.481 e. The van der Waals surface area contributed by atoms with E-state index in [1.807, 2.05) is 0 Å². The summed E-state index contributed by atoms with van der Waals surface area (Å²) in [5.74, 6) is -1.65. The standard InChI is InChI=1S/C15H22N2O6/c1-14(9-3-4-10(23-9)15(14,2)12(19)20)11(18)16-13(21)17-5-7-22-8-6-17/h9-10H,3-8H2,1-2H3,(H,19,20)(H,16,18,21)/t9-,10+,14+,15-/m1/s1. The second kappa shape index (κ2) is 5.45. The van der Waals surface area contributed by atoms with Gasteiger partial charge in [0.15, 0.2) is 0 Å². The molecule has 128 valence electrons. The third-order valence-electron chi connectivity index (χ3n) is 5.82. The molecular formula is C15H22N2O6. The molecule has 3 saturated heterocycles. The van der Waals surface area contributed by atoms with Crippen molar-refractivity contribution in [1.82, 2.24) is 10.2 Å². The summed E-state index contributed by atoms with van der Waals surface area (Å²) in [6.07, 6.45) is 0.266. The van der Waals surface area contributed by atoms with Gasteiger partial charge in [0.2, 0.25) is 5.91 Å². The average molecular weight is 326 g/mol. The molecule has 3 amide bonds. The van der Waals surface area contributed by atoms with E-state index >= 15 is 0 Å². The summed E-state index contributed by atoms with van der Waals surface area (Å²) in [7, 11) is 0. The number of carbonyl (C=O) groups excluding carboxylic acids is 2. The predicted molar refractivity (Wildman–Crippen MR) is 77.7 cm³/mol. The Morgan fingerprint density at radius 3 is 2.22 bits per heavy atom. The van der Waals surface area contributed by atoms with Gasteiger partial charge in [-0.05, 0) is 26.7 Å². The number of hydrogen-bond donors (Lipinski definition) is 2. The number of ether oxygens (including phenoxy) is 2. The Hall–Kier alpha value is -1.67. The molecule has 0 aromatic carbocycles. The van der Waals surface area contributed by atoms with Crippen molar-refractivity contribution in [2.24, 2.45) is 10.8 Å². The monoisotopic (exact) mass is 326 g/mol. The van der Waals surface area contributed by atoms with E-state index in [2.05, 4.69) is 5.32 Å². The number of urea groups is 1. The topological polar surface area (TPSA) is 105 Å². The number of morpholine rings is 1. The van der Waals surface area contributed by atoms with E-state index in [1.165, 1.54) is 11.8 Å². The molecule has 3 heterocycles. The van der Waals surface area contributed by atoms with Gasteiger partial charge < -0.3 is 19.5 Å². The third kappa shape index (κ3) is 2.15. The minimum atomic E-state index is -1.34. The van der Waals surface area contributed by atoms with Gasteiger partial charge in [0.1, 0.15) is 5.41 Å². The Kier molecular flexibility index (Phi) is 3.84. The number of amides is 3. The van der Waals surface area contributed by atoms with E-state index in [9.17, 15) is 19.5 Å². The first-order chi connectivity index (χ1) is 10.8. The van der Waals surface area contributed by atoms with Crippen molar-refractivity contribution in [3.8, 4) is 0 Å². The molecule has 0 radical (unpaired) electrons. The number of hydrogen-bond acceptors (Lipinski definition) is 5. The van der Waals surface area contributed by atoms with Crippen LogP contribution >= 0.6 is 0 Å². The van der Waals surface area contributed by atoms with Crippen LogP contribution in [0.15, 0.2) is 0 Å². The lowest BCUT2D eigenvalue weighted by molar-refractivity contribution is -0.163. The highest BCUT2D eigenvalue weighted by Gasteiger charge is 2.71. The van der Waals surface area contributed by atoms with Crippen LogP contribution in [0, 0.1) is 10.8 Å². The first-order valence-corrected chi connectivity index (χ1v) is 7.88. The number of rotatable bonds is 2. The summed E-state index contributed by atoms with van der Waals surface area (Å²) in [5.41, 5.74) is -2.62. The molecule has 3 rings (SSSR count). The molecular weight excluding hydrogens is 304 g/mol. The van der Waals surface area contributed by atoms with Crippen LogP contribution in [0.25, 0.3) is 0 Å². The molecule has 8 heteroatoms. The van der Waals surface area contributed by atoms with Crippen LogP contribution in [0.2, 0.25) is 0 Å². The number of carboxylic acid groups (broad SMARTS) is 1. The van der Waals surface area contributed by atoms with Crippen LogP contribution in [0.1, 0.15) is 26.7 Å². The highest BCUT2D eigenvalue weighted by atomic mass is 16.5. The maximum absolute atomic E-state index is 12.8. The van der Waals surface area contributed by atoms with Gasteiger partial charge in [0.25, 0.3) is 0 Å². The molecule has 0 aromatic heterocycles. The molecule has 4 atom stereocenters. The number of carboxylic acids is 1. The SMILES string of the molecule is C[C@]1(C(=O)O)[C@@H]2CC[C@@H](O2)[C@@]1(C)C(=O)NC(=O)N1CCOCC1. The molecule has 3 aliphatic heterocycles. The molecule has 8 nitrogen and oxygen atoms in total. The van der Waals surface area contributed by atoms with Gasteiger partial charge in [-0.15, -0.1) is 0 Å².